The summed E-state index contributed by atoms with van der Waals surface area (Å²) in [6.45, 7) is 6.27. The summed E-state index contributed by atoms with van der Waals surface area (Å²) in [5, 5.41) is 7.37. The van der Waals surface area contributed by atoms with Crippen molar-refractivity contribution in [3.8, 4) is 0 Å². The van der Waals surface area contributed by atoms with Crippen LogP contribution >= 0.6 is 0 Å². The number of hydrogen-bond donors (Lipinski definition) is 1. The minimum atomic E-state index is -0.491. The molecule has 0 unspecified atom stereocenters. The minimum absolute atomic E-state index is 0.435. The number of ether oxygens (including phenoxy) is 1. The zero-order valence-corrected chi connectivity index (χ0v) is 10.6. The molecule has 0 amide bonds. The van der Waals surface area contributed by atoms with E-state index in [2.05, 4.69) is 10.4 Å². The smallest absolute Gasteiger partial charge is 0.435 e. The molecule has 94 valence electrons. The van der Waals surface area contributed by atoms with Gasteiger partial charge in [-0.25, -0.2) is 4.79 Å². The fourth-order valence-electron chi connectivity index (χ4n) is 1.41. The van der Waals surface area contributed by atoms with Gasteiger partial charge in [-0.15, -0.1) is 0 Å². The molecule has 5 heteroatoms. The van der Waals surface area contributed by atoms with Gasteiger partial charge in [0.1, 0.15) is 5.60 Å². The first kappa shape index (κ1) is 12.1. The Morgan fingerprint density at radius 2 is 2.29 bits per heavy atom. The quantitative estimate of drug-likeness (QED) is 0.872. The Kier molecular flexibility index (Phi) is 3.19. The summed E-state index contributed by atoms with van der Waals surface area (Å²) in [6.07, 6.45) is 5.47. The maximum absolute atomic E-state index is 11.7. The molecule has 0 bridgehead atoms. The van der Waals surface area contributed by atoms with Crippen LogP contribution < -0.4 is 5.32 Å². The zero-order chi connectivity index (χ0) is 12.5. The van der Waals surface area contributed by atoms with Crippen LogP contribution in [0.1, 0.15) is 39.2 Å². The van der Waals surface area contributed by atoms with E-state index in [4.69, 9.17) is 4.74 Å². The van der Waals surface area contributed by atoms with Crippen LogP contribution in [0.15, 0.2) is 12.4 Å². The topological polar surface area (TPSA) is 56.1 Å². The van der Waals surface area contributed by atoms with Gasteiger partial charge in [0, 0.05) is 24.3 Å². The molecule has 1 aliphatic rings. The highest BCUT2D eigenvalue weighted by Gasteiger charge is 2.21. The summed E-state index contributed by atoms with van der Waals surface area (Å²) in [5.74, 6) is 0. The first-order chi connectivity index (χ1) is 7.94. The van der Waals surface area contributed by atoms with Crippen LogP contribution in [-0.2, 0) is 11.3 Å². The fourth-order valence-corrected chi connectivity index (χ4v) is 1.41. The third-order valence-corrected chi connectivity index (χ3v) is 2.39. The van der Waals surface area contributed by atoms with E-state index in [-0.39, 0.29) is 0 Å². The van der Waals surface area contributed by atoms with Crippen molar-refractivity contribution in [1.29, 1.82) is 0 Å². The molecular formula is C12H19N3O2. The van der Waals surface area contributed by atoms with Crippen molar-refractivity contribution in [2.75, 3.05) is 0 Å². The lowest BCUT2D eigenvalue weighted by molar-refractivity contribution is 0.0514. The first-order valence-corrected chi connectivity index (χ1v) is 5.94. The molecule has 0 atom stereocenters. The number of carbonyl (C=O) groups excluding carboxylic acids is 1. The van der Waals surface area contributed by atoms with Crippen molar-refractivity contribution in [2.24, 2.45) is 0 Å². The molecule has 2 rings (SSSR count). The van der Waals surface area contributed by atoms with Gasteiger partial charge in [-0.2, -0.15) is 9.78 Å². The summed E-state index contributed by atoms with van der Waals surface area (Å²) in [4.78, 5) is 11.7. The number of carbonyl (C=O) groups is 1. The summed E-state index contributed by atoms with van der Waals surface area (Å²) >= 11 is 0. The maximum atomic E-state index is 11.7. The van der Waals surface area contributed by atoms with Crippen LogP contribution in [-0.4, -0.2) is 27.5 Å². The lowest BCUT2D eigenvalue weighted by atomic mass is 10.2. The van der Waals surface area contributed by atoms with Gasteiger partial charge in [0.25, 0.3) is 0 Å². The molecule has 1 saturated carbocycles. The predicted molar refractivity (Wildman–Crippen MR) is 63.7 cm³/mol. The van der Waals surface area contributed by atoms with E-state index in [9.17, 15) is 4.79 Å². The van der Waals surface area contributed by atoms with Crippen LogP contribution in [0.5, 0.6) is 0 Å². The second kappa shape index (κ2) is 4.49. The number of aromatic nitrogens is 2. The molecule has 0 aromatic carbocycles. The van der Waals surface area contributed by atoms with Crippen LogP contribution in [0.3, 0.4) is 0 Å². The molecule has 0 saturated heterocycles. The van der Waals surface area contributed by atoms with E-state index < -0.39 is 11.7 Å². The van der Waals surface area contributed by atoms with E-state index in [1.807, 2.05) is 20.8 Å². The molecule has 1 heterocycles. The fraction of sp³-hybridized carbons (Fsp3) is 0.667. The van der Waals surface area contributed by atoms with E-state index in [1.165, 1.54) is 17.5 Å². The molecule has 1 fully saturated rings. The molecule has 0 radical (unpaired) electrons. The number of rotatable bonds is 3. The number of hydrogen-bond acceptors (Lipinski definition) is 4. The Bertz CT molecular complexity index is 402. The minimum Gasteiger partial charge on any atom is -0.442 e. The molecule has 1 aromatic heterocycles. The van der Waals surface area contributed by atoms with Crippen molar-refractivity contribution in [2.45, 2.75) is 51.8 Å². The van der Waals surface area contributed by atoms with Crippen molar-refractivity contribution in [3.05, 3.63) is 18.0 Å². The van der Waals surface area contributed by atoms with E-state index in [0.717, 1.165) is 12.1 Å². The van der Waals surface area contributed by atoms with Gasteiger partial charge in [-0.3, -0.25) is 0 Å². The van der Waals surface area contributed by atoms with Crippen LogP contribution in [0.4, 0.5) is 4.79 Å². The zero-order valence-electron chi connectivity index (χ0n) is 10.6. The van der Waals surface area contributed by atoms with Gasteiger partial charge in [-0.1, -0.05) is 0 Å². The largest absolute Gasteiger partial charge is 0.442 e. The van der Waals surface area contributed by atoms with Gasteiger partial charge >= 0.3 is 6.09 Å². The van der Waals surface area contributed by atoms with Crippen LogP contribution in [0.2, 0.25) is 0 Å². The SMILES string of the molecule is CC(C)(C)OC(=O)n1cc(CNC2CC2)cn1. The Labute approximate surface area is 101 Å². The second-order valence-corrected chi connectivity index (χ2v) is 5.43. The van der Waals surface area contributed by atoms with Gasteiger partial charge in [0.05, 0.1) is 6.20 Å². The highest BCUT2D eigenvalue weighted by Crippen LogP contribution is 2.19. The Morgan fingerprint density at radius 1 is 1.59 bits per heavy atom. The number of nitrogens with one attached hydrogen (secondary N) is 1. The molecule has 1 aliphatic carbocycles. The molecule has 1 N–H and O–H groups in total. The third kappa shape index (κ3) is 3.85. The lowest BCUT2D eigenvalue weighted by Crippen LogP contribution is -2.27. The molecule has 5 nitrogen and oxygen atoms in total. The highest BCUT2D eigenvalue weighted by atomic mass is 16.6. The van der Waals surface area contributed by atoms with Crippen molar-refractivity contribution < 1.29 is 9.53 Å². The monoisotopic (exact) mass is 237 g/mol. The maximum Gasteiger partial charge on any atom is 0.435 e. The highest BCUT2D eigenvalue weighted by molar-refractivity contribution is 5.69. The predicted octanol–water partition coefficient (Wildman–Crippen LogP) is 1.92. The van der Waals surface area contributed by atoms with Crippen LogP contribution in [0, 0.1) is 0 Å². The summed E-state index contributed by atoms with van der Waals surface area (Å²) < 4.78 is 6.46. The average Bonchev–Trinajstić information content (AvgIpc) is 2.90. The lowest BCUT2D eigenvalue weighted by Gasteiger charge is -2.18. The third-order valence-electron chi connectivity index (χ3n) is 2.39. The second-order valence-electron chi connectivity index (χ2n) is 5.43. The first-order valence-electron chi connectivity index (χ1n) is 5.94. The standard InChI is InChI=1S/C12H19N3O2/c1-12(2,3)17-11(16)15-8-9(7-14-15)6-13-10-4-5-10/h7-8,10,13H,4-6H2,1-3H3. The Morgan fingerprint density at radius 3 is 2.88 bits per heavy atom. The molecular weight excluding hydrogens is 218 g/mol. The van der Waals surface area contributed by atoms with E-state index in [0.29, 0.717) is 6.04 Å². The summed E-state index contributed by atoms with van der Waals surface area (Å²) in [5.41, 5.74) is 0.512. The Hall–Kier alpha value is -1.36. The van der Waals surface area contributed by atoms with Gasteiger partial charge in [0.2, 0.25) is 0 Å². The summed E-state index contributed by atoms with van der Waals surface area (Å²) in [7, 11) is 0. The van der Waals surface area contributed by atoms with E-state index in [1.54, 1.807) is 12.4 Å². The molecule has 0 aliphatic heterocycles. The number of nitrogens with zero attached hydrogens (tertiary/aromatic N) is 2. The van der Waals surface area contributed by atoms with Gasteiger partial charge in [0.15, 0.2) is 0 Å². The molecule has 17 heavy (non-hydrogen) atoms. The Balaban J connectivity index is 1.89. The molecule has 1 aromatic rings. The van der Waals surface area contributed by atoms with Crippen molar-refractivity contribution in [3.63, 3.8) is 0 Å². The normalized spacial score (nSPS) is 15.9. The van der Waals surface area contributed by atoms with E-state index >= 15 is 0 Å². The van der Waals surface area contributed by atoms with Crippen molar-refractivity contribution >= 4 is 6.09 Å². The van der Waals surface area contributed by atoms with Gasteiger partial charge in [-0.05, 0) is 33.6 Å². The van der Waals surface area contributed by atoms with Crippen molar-refractivity contribution in [1.82, 2.24) is 15.1 Å². The average molecular weight is 237 g/mol. The molecule has 0 spiro atoms. The van der Waals surface area contributed by atoms with Gasteiger partial charge < -0.3 is 10.1 Å². The summed E-state index contributed by atoms with van der Waals surface area (Å²) in [6, 6.07) is 0.653. The van der Waals surface area contributed by atoms with Crippen LogP contribution in [0.25, 0.3) is 0 Å².